The van der Waals surface area contributed by atoms with Gasteiger partial charge in [0.25, 0.3) is 0 Å². The predicted molar refractivity (Wildman–Crippen MR) is 135 cm³/mol. The number of hydrogen-bond donors (Lipinski definition) is 0. The van der Waals surface area contributed by atoms with Gasteiger partial charge in [-0.1, -0.05) is 24.3 Å². The molecule has 6 heteroatoms. The summed E-state index contributed by atoms with van der Waals surface area (Å²) < 4.78 is 32.0. The summed E-state index contributed by atoms with van der Waals surface area (Å²) in [6.45, 7) is 5.26. The zero-order valence-corrected chi connectivity index (χ0v) is 21.0. The summed E-state index contributed by atoms with van der Waals surface area (Å²) in [6, 6.07) is 13.1. The highest BCUT2D eigenvalue weighted by atomic mass is 16.7. The molecule has 2 aliphatic heterocycles. The number of furan rings is 1. The lowest BCUT2D eigenvalue weighted by molar-refractivity contribution is -0.204. The molecule has 2 bridgehead atoms. The highest BCUT2D eigenvalue weighted by Crippen LogP contribution is 2.70. The quantitative estimate of drug-likeness (QED) is 0.429. The lowest BCUT2D eigenvalue weighted by Gasteiger charge is -2.64. The van der Waals surface area contributed by atoms with E-state index in [1.54, 1.807) is 7.11 Å². The first-order chi connectivity index (χ1) is 17.7. The van der Waals surface area contributed by atoms with E-state index in [9.17, 15) is 0 Å². The molecular weight excluding hydrogens is 454 g/mol. The number of likely N-dealkylation sites (tertiary alicyclic amines) is 1. The van der Waals surface area contributed by atoms with Crippen molar-refractivity contribution in [1.29, 1.82) is 0 Å². The third-order valence-electron chi connectivity index (χ3n) is 9.61. The van der Waals surface area contributed by atoms with Crippen molar-refractivity contribution in [3.05, 3.63) is 58.8 Å². The van der Waals surface area contributed by atoms with Crippen LogP contribution in [0.25, 0.3) is 11.0 Å². The van der Waals surface area contributed by atoms with Gasteiger partial charge >= 0.3 is 0 Å². The van der Waals surface area contributed by atoms with Crippen LogP contribution in [0.2, 0.25) is 0 Å². The molecule has 36 heavy (non-hydrogen) atoms. The van der Waals surface area contributed by atoms with Crippen LogP contribution in [-0.4, -0.2) is 50.1 Å². The molecule has 8 rings (SSSR count). The fraction of sp³-hybridized carbons (Fsp3) is 0.533. The van der Waals surface area contributed by atoms with Gasteiger partial charge in [-0.2, -0.15) is 0 Å². The summed E-state index contributed by atoms with van der Waals surface area (Å²) in [5, 5.41) is 1.19. The number of benzene rings is 2. The van der Waals surface area contributed by atoms with E-state index in [4.69, 9.17) is 23.4 Å². The number of rotatable bonds is 7. The van der Waals surface area contributed by atoms with E-state index in [0.717, 1.165) is 54.6 Å². The molecule has 1 aromatic heterocycles. The minimum atomic E-state index is -0.378. The summed E-state index contributed by atoms with van der Waals surface area (Å²) in [5.74, 6) is 3.43. The largest absolute Gasteiger partial charge is 0.477 e. The maximum absolute atomic E-state index is 7.09. The molecule has 1 saturated carbocycles. The van der Waals surface area contributed by atoms with E-state index >= 15 is 0 Å². The van der Waals surface area contributed by atoms with Crippen LogP contribution in [0.5, 0.6) is 11.5 Å². The molecule has 1 spiro atoms. The van der Waals surface area contributed by atoms with Gasteiger partial charge in [0.2, 0.25) is 0 Å². The number of methoxy groups -OCH3 is 1. The van der Waals surface area contributed by atoms with Crippen molar-refractivity contribution in [3.8, 4) is 11.5 Å². The van der Waals surface area contributed by atoms with E-state index in [-0.39, 0.29) is 23.9 Å². The number of nitrogens with zero attached hydrogens (tertiary/aromatic N) is 1. The maximum atomic E-state index is 7.09. The molecular formula is C30H33NO5. The first-order valence-corrected chi connectivity index (χ1v) is 13.5. The summed E-state index contributed by atoms with van der Waals surface area (Å²) >= 11 is 0. The molecule has 6 nitrogen and oxygen atoms in total. The number of piperidine rings is 1. The average molecular weight is 488 g/mol. The van der Waals surface area contributed by atoms with Crippen molar-refractivity contribution >= 4 is 11.0 Å². The molecule has 188 valence electrons. The molecule has 3 heterocycles. The van der Waals surface area contributed by atoms with Gasteiger partial charge in [-0.15, -0.1) is 0 Å². The minimum Gasteiger partial charge on any atom is -0.477 e. The number of para-hydroxylation sites is 1. The minimum absolute atomic E-state index is 0.192. The zero-order chi connectivity index (χ0) is 24.1. The summed E-state index contributed by atoms with van der Waals surface area (Å²) in [5.41, 5.74) is 4.18. The van der Waals surface area contributed by atoms with Crippen LogP contribution in [0.3, 0.4) is 0 Å². The molecule has 2 fully saturated rings. The van der Waals surface area contributed by atoms with Crippen molar-refractivity contribution in [3.63, 3.8) is 0 Å². The van der Waals surface area contributed by atoms with Crippen LogP contribution in [0, 0.1) is 5.92 Å². The smallest absolute Gasteiger partial charge is 0.188 e. The van der Waals surface area contributed by atoms with Crippen LogP contribution >= 0.6 is 0 Å². The molecule has 0 N–H and O–H groups in total. The van der Waals surface area contributed by atoms with E-state index in [2.05, 4.69) is 48.2 Å². The van der Waals surface area contributed by atoms with E-state index in [1.807, 2.05) is 0 Å². The van der Waals surface area contributed by atoms with Gasteiger partial charge in [0.05, 0.1) is 5.41 Å². The summed E-state index contributed by atoms with van der Waals surface area (Å²) in [7, 11) is 1.65. The Morgan fingerprint density at radius 1 is 1.14 bits per heavy atom. The molecule has 0 radical (unpaired) electrons. The Bertz CT molecular complexity index is 1360. The van der Waals surface area contributed by atoms with Crippen molar-refractivity contribution in [2.75, 3.05) is 33.6 Å². The lowest BCUT2D eigenvalue weighted by atomic mass is 9.49. The molecule has 0 amide bonds. The Labute approximate surface area is 211 Å². The van der Waals surface area contributed by atoms with Crippen LogP contribution in [-0.2, 0) is 27.7 Å². The van der Waals surface area contributed by atoms with Crippen molar-refractivity contribution in [2.45, 2.75) is 62.2 Å². The number of fused-ring (bicyclic) bond motifs is 4. The molecule has 5 aliphatic rings. The zero-order valence-electron chi connectivity index (χ0n) is 21.0. The second-order valence-electron chi connectivity index (χ2n) is 11.3. The van der Waals surface area contributed by atoms with Gasteiger partial charge in [-0.25, -0.2) is 0 Å². The number of ether oxygens (including phenoxy) is 4. The third kappa shape index (κ3) is 2.58. The maximum Gasteiger partial charge on any atom is 0.188 e. The van der Waals surface area contributed by atoms with Crippen molar-refractivity contribution in [2.24, 2.45) is 5.92 Å². The first kappa shape index (κ1) is 21.5. The Morgan fingerprint density at radius 2 is 2.03 bits per heavy atom. The Balaban J connectivity index is 1.40. The number of hydrogen-bond acceptors (Lipinski definition) is 6. The van der Waals surface area contributed by atoms with E-state index < -0.39 is 0 Å². The SMILES string of the molecule is CCO[C@@]12Cc3c(oc4ccccc34)[C@@H]3Oc4c(OCOC)ccc5c4[C@@]31CCN(CC1CC1)[C@H]2C5. The fourth-order valence-electron chi connectivity index (χ4n) is 8.15. The van der Waals surface area contributed by atoms with E-state index in [1.165, 1.54) is 41.5 Å². The summed E-state index contributed by atoms with van der Waals surface area (Å²) in [6.07, 6.45) is 5.31. The van der Waals surface area contributed by atoms with Crippen LogP contribution in [0.4, 0.5) is 0 Å². The molecule has 2 aromatic carbocycles. The van der Waals surface area contributed by atoms with Gasteiger partial charge in [0.15, 0.2) is 24.4 Å². The standard InChI is InChI=1S/C30H33NO5/c1-3-34-30-15-21-20-6-4-5-7-22(20)35-26(21)28-29(30)12-13-31(16-18-8-9-18)24(30)14-19-10-11-23(33-17-32-2)27(36-28)25(19)29/h4-7,10-11,18,24,28H,3,8-9,12-17H2,1-2H3/t24-,28-,29-,30+/m0/s1. The second-order valence-corrected chi connectivity index (χ2v) is 11.3. The van der Waals surface area contributed by atoms with Gasteiger partial charge in [-0.05, 0) is 62.8 Å². The first-order valence-electron chi connectivity index (χ1n) is 13.5. The fourth-order valence-corrected chi connectivity index (χ4v) is 8.15. The van der Waals surface area contributed by atoms with Gasteiger partial charge in [0.1, 0.15) is 16.9 Å². The Hall–Kier alpha value is -2.54. The average Bonchev–Trinajstić information content (AvgIpc) is 3.53. The van der Waals surface area contributed by atoms with Crippen LogP contribution in [0.1, 0.15) is 54.7 Å². The highest BCUT2D eigenvalue weighted by Gasteiger charge is 2.74. The topological polar surface area (TPSA) is 53.3 Å². The Morgan fingerprint density at radius 3 is 2.86 bits per heavy atom. The third-order valence-corrected chi connectivity index (χ3v) is 9.61. The molecule has 3 aromatic rings. The van der Waals surface area contributed by atoms with E-state index in [0.29, 0.717) is 12.6 Å². The summed E-state index contributed by atoms with van der Waals surface area (Å²) in [4.78, 5) is 2.76. The van der Waals surface area contributed by atoms with Gasteiger partial charge in [-0.3, -0.25) is 4.90 Å². The van der Waals surface area contributed by atoms with Gasteiger partial charge < -0.3 is 23.4 Å². The Kier molecular flexibility index (Phi) is 4.49. The predicted octanol–water partition coefficient (Wildman–Crippen LogP) is 5.16. The normalized spacial score (nSPS) is 31.7. The molecule has 4 atom stereocenters. The van der Waals surface area contributed by atoms with Crippen molar-refractivity contribution < 1.29 is 23.4 Å². The molecule has 1 saturated heterocycles. The van der Waals surface area contributed by atoms with Gasteiger partial charge in [0, 0.05) is 49.2 Å². The van der Waals surface area contributed by atoms with Crippen LogP contribution in [0.15, 0.2) is 40.8 Å². The molecule has 3 aliphatic carbocycles. The molecule has 0 unspecified atom stereocenters. The van der Waals surface area contributed by atoms with Crippen molar-refractivity contribution in [1.82, 2.24) is 4.90 Å². The lowest BCUT2D eigenvalue weighted by Crippen LogP contribution is -2.75. The van der Waals surface area contributed by atoms with Crippen LogP contribution < -0.4 is 9.47 Å². The monoisotopic (exact) mass is 487 g/mol. The highest BCUT2D eigenvalue weighted by molar-refractivity contribution is 5.84. The second kappa shape index (κ2) is 7.50.